The molecule has 0 aliphatic rings. The van der Waals surface area contributed by atoms with Gasteiger partial charge in [-0.1, -0.05) is 0 Å². The predicted molar refractivity (Wildman–Crippen MR) is 94.8 cm³/mol. The summed E-state index contributed by atoms with van der Waals surface area (Å²) in [5.41, 5.74) is 0.687. The first-order chi connectivity index (χ1) is 12.5. The molecule has 0 fully saturated rings. The standard InChI is InChI=1S/C18H18N2O6/c1-3-24-18(22)11-25-17-10-15(8-9-16(17)20-23)26-14-6-4-13(5-7-14)19-12(2)21/h4-10H,3,11H2,1-2H3,(H,19,21). The van der Waals surface area contributed by atoms with Gasteiger partial charge in [0, 0.05) is 18.7 Å². The second-order valence-electron chi connectivity index (χ2n) is 5.12. The molecule has 0 saturated heterocycles. The zero-order valence-corrected chi connectivity index (χ0v) is 14.4. The zero-order chi connectivity index (χ0) is 18.9. The average Bonchev–Trinajstić information content (AvgIpc) is 2.61. The first-order valence-corrected chi connectivity index (χ1v) is 7.83. The number of hydrogen-bond acceptors (Lipinski definition) is 7. The van der Waals surface area contributed by atoms with Crippen LogP contribution in [-0.4, -0.2) is 25.1 Å². The van der Waals surface area contributed by atoms with E-state index in [2.05, 4.69) is 10.5 Å². The lowest BCUT2D eigenvalue weighted by Crippen LogP contribution is -2.14. The van der Waals surface area contributed by atoms with Crippen molar-refractivity contribution < 1.29 is 23.8 Å². The maximum atomic E-state index is 11.4. The van der Waals surface area contributed by atoms with E-state index in [-0.39, 0.29) is 30.6 Å². The minimum absolute atomic E-state index is 0.0441. The molecular formula is C18H18N2O6. The van der Waals surface area contributed by atoms with Crippen molar-refractivity contribution in [2.45, 2.75) is 13.8 Å². The van der Waals surface area contributed by atoms with E-state index in [1.807, 2.05) is 0 Å². The Hall–Kier alpha value is -3.42. The van der Waals surface area contributed by atoms with Gasteiger partial charge in [0.15, 0.2) is 12.4 Å². The van der Waals surface area contributed by atoms with Gasteiger partial charge in [-0.15, -0.1) is 4.91 Å². The van der Waals surface area contributed by atoms with Crippen LogP contribution in [0.3, 0.4) is 0 Å². The van der Waals surface area contributed by atoms with Crippen molar-refractivity contribution in [2.75, 3.05) is 18.5 Å². The highest BCUT2D eigenvalue weighted by Gasteiger charge is 2.11. The third-order valence-electron chi connectivity index (χ3n) is 3.09. The van der Waals surface area contributed by atoms with Gasteiger partial charge >= 0.3 is 5.97 Å². The molecular weight excluding hydrogens is 340 g/mol. The van der Waals surface area contributed by atoms with Crippen molar-refractivity contribution in [2.24, 2.45) is 5.18 Å². The van der Waals surface area contributed by atoms with Crippen LogP contribution in [0, 0.1) is 4.91 Å². The number of anilines is 1. The van der Waals surface area contributed by atoms with Crippen molar-refractivity contribution in [3.05, 3.63) is 47.4 Å². The van der Waals surface area contributed by atoms with Gasteiger partial charge in [-0.25, -0.2) is 4.79 Å². The summed E-state index contributed by atoms with van der Waals surface area (Å²) in [5.74, 6) is 0.300. The Morgan fingerprint density at radius 3 is 2.38 bits per heavy atom. The van der Waals surface area contributed by atoms with Crippen LogP contribution < -0.4 is 14.8 Å². The summed E-state index contributed by atoms with van der Waals surface area (Å²) in [5, 5.41) is 5.51. The predicted octanol–water partition coefficient (Wildman–Crippen LogP) is 3.78. The minimum atomic E-state index is -0.552. The maximum absolute atomic E-state index is 11.4. The first kappa shape index (κ1) is 18.9. The van der Waals surface area contributed by atoms with Crippen LogP contribution in [0.25, 0.3) is 0 Å². The molecule has 0 aliphatic heterocycles. The molecule has 0 aromatic heterocycles. The van der Waals surface area contributed by atoms with E-state index in [0.29, 0.717) is 17.2 Å². The molecule has 0 bridgehead atoms. The molecule has 2 aromatic carbocycles. The van der Waals surface area contributed by atoms with E-state index >= 15 is 0 Å². The van der Waals surface area contributed by atoms with Gasteiger partial charge in [0.25, 0.3) is 0 Å². The molecule has 0 saturated carbocycles. The highest BCUT2D eigenvalue weighted by atomic mass is 16.6. The Balaban J connectivity index is 2.09. The SMILES string of the molecule is CCOC(=O)COc1cc(Oc2ccc(NC(C)=O)cc2)ccc1N=O. The normalized spacial score (nSPS) is 9.92. The zero-order valence-electron chi connectivity index (χ0n) is 14.4. The monoisotopic (exact) mass is 358 g/mol. The molecule has 1 amide bonds. The van der Waals surface area contributed by atoms with Crippen molar-refractivity contribution >= 4 is 23.3 Å². The molecule has 0 radical (unpaired) electrons. The number of ether oxygens (including phenoxy) is 3. The number of nitroso groups, excluding NO2 is 1. The molecule has 8 nitrogen and oxygen atoms in total. The Morgan fingerprint density at radius 2 is 1.77 bits per heavy atom. The molecule has 8 heteroatoms. The van der Waals surface area contributed by atoms with Gasteiger partial charge in [-0.2, -0.15) is 0 Å². The van der Waals surface area contributed by atoms with E-state index < -0.39 is 5.97 Å². The van der Waals surface area contributed by atoms with Crippen LogP contribution in [-0.2, 0) is 14.3 Å². The van der Waals surface area contributed by atoms with Gasteiger partial charge in [0.1, 0.15) is 17.2 Å². The number of nitrogens with zero attached hydrogens (tertiary/aromatic N) is 1. The summed E-state index contributed by atoms with van der Waals surface area (Å²) >= 11 is 0. The minimum Gasteiger partial charge on any atom is -0.479 e. The van der Waals surface area contributed by atoms with Crippen molar-refractivity contribution in [1.29, 1.82) is 0 Å². The lowest BCUT2D eigenvalue weighted by molar-refractivity contribution is -0.145. The van der Waals surface area contributed by atoms with Crippen molar-refractivity contribution in [3.63, 3.8) is 0 Å². The summed E-state index contributed by atoms with van der Waals surface area (Å²) in [4.78, 5) is 33.3. The summed E-state index contributed by atoms with van der Waals surface area (Å²) in [6.45, 7) is 3.00. The van der Waals surface area contributed by atoms with Crippen LogP contribution in [0.5, 0.6) is 17.2 Å². The quantitative estimate of drug-likeness (QED) is 0.569. The Morgan fingerprint density at radius 1 is 1.08 bits per heavy atom. The molecule has 0 unspecified atom stereocenters. The second kappa shape index (κ2) is 9.16. The second-order valence-corrected chi connectivity index (χ2v) is 5.12. The molecule has 136 valence electrons. The Kier molecular flexibility index (Phi) is 6.67. The van der Waals surface area contributed by atoms with E-state index in [0.717, 1.165) is 0 Å². The summed E-state index contributed by atoms with van der Waals surface area (Å²) < 4.78 is 15.7. The lowest BCUT2D eigenvalue weighted by atomic mass is 10.2. The number of hydrogen-bond donors (Lipinski definition) is 1. The van der Waals surface area contributed by atoms with Gasteiger partial charge < -0.3 is 19.5 Å². The number of nitrogens with one attached hydrogen (secondary N) is 1. The van der Waals surface area contributed by atoms with E-state index in [9.17, 15) is 14.5 Å². The highest BCUT2D eigenvalue weighted by molar-refractivity contribution is 5.88. The molecule has 1 N–H and O–H groups in total. The molecule has 0 atom stereocenters. The molecule has 2 aromatic rings. The van der Waals surface area contributed by atoms with Gasteiger partial charge in [-0.05, 0) is 48.5 Å². The van der Waals surface area contributed by atoms with E-state index in [1.54, 1.807) is 37.3 Å². The lowest BCUT2D eigenvalue weighted by Gasteiger charge is -2.11. The van der Waals surface area contributed by atoms with Crippen LogP contribution >= 0.6 is 0 Å². The summed E-state index contributed by atoms with van der Waals surface area (Å²) in [7, 11) is 0. The van der Waals surface area contributed by atoms with Crippen LogP contribution in [0.15, 0.2) is 47.6 Å². The largest absolute Gasteiger partial charge is 0.479 e. The van der Waals surface area contributed by atoms with Gasteiger partial charge in [-0.3, -0.25) is 4.79 Å². The van der Waals surface area contributed by atoms with Gasteiger partial charge in [0.05, 0.1) is 6.61 Å². The molecule has 0 spiro atoms. The maximum Gasteiger partial charge on any atom is 0.344 e. The number of amides is 1. The number of rotatable bonds is 8. The van der Waals surface area contributed by atoms with Crippen LogP contribution in [0.4, 0.5) is 11.4 Å². The fraction of sp³-hybridized carbons (Fsp3) is 0.222. The van der Waals surface area contributed by atoms with Crippen LogP contribution in [0.1, 0.15) is 13.8 Å². The van der Waals surface area contributed by atoms with E-state index in [1.165, 1.54) is 19.1 Å². The fourth-order valence-electron chi connectivity index (χ4n) is 2.03. The third kappa shape index (κ3) is 5.59. The van der Waals surface area contributed by atoms with E-state index in [4.69, 9.17) is 14.2 Å². The molecule has 2 rings (SSSR count). The molecule has 0 heterocycles. The molecule has 0 aliphatic carbocycles. The fourth-order valence-corrected chi connectivity index (χ4v) is 2.03. The highest BCUT2D eigenvalue weighted by Crippen LogP contribution is 2.33. The summed E-state index contributed by atoms with van der Waals surface area (Å²) in [6.07, 6.45) is 0. The summed E-state index contributed by atoms with van der Waals surface area (Å²) in [6, 6.07) is 11.2. The number of carbonyl (C=O) groups excluding carboxylic acids is 2. The van der Waals surface area contributed by atoms with Crippen molar-refractivity contribution in [1.82, 2.24) is 0 Å². The first-order valence-electron chi connectivity index (χ1n) is 7.83. The number of carbonyl (C=O) groups is 2. The Bertz CT molecular complexity index is 789. The third-order valence-corrected chi connectivity index (χ3v) is 3.09. The van der Waals surface area contributed by atoms with Crippen molar-refractivity contribution in [3.8, 4) is 17.2 Å². The Labute approximate surface area is 150 Å². The molecule has 26 heavy (non-hydrogen) atoms. The topological polar surface area (TPSA) is 103 Å². The number of esters is 1. The number of benzene rings is 2. The average molecular weight is 358 g/mol. The van der Waals surface area contributed by atoms with Crippen LogP contribution in [0.2, 0.25) is 0 Å². The smallest absolute Gasteiger partial charge is 0.344 e. The van der Waals surface area contributed by atoms with Gasteiger partial charge in [0.2, 0.25) is 5.91 Å².